The number of carbonyl (C=O) groups excluding carboxylic acids is 2. The third kappa shape index (κ3) is 5.77. The second kappa shape index (κ2) is 11.8. The molecular formula is C20H26ClN7O5S2. The van der Waals surface area contributed by atoms with Crippen LogP contribution in [0.4, 0.5) is 0 Å². The quantitative estimate of drug-likeness (QED) is 0.0507. The number of nitrogens with two attached hydrogens (primary N) is 2. The third-order valence-corrected chi connectivity index (χ3v) is 8.15. The zero-order chi connectivity index (χ0) is 25.7. The number of amides is 2. The molecule has 0 aromatic heterocycles. The zero-order valence-corrected chi connectivity index (χ0v) is 20.9. The lowest BCUT2D eigenvalue weighted by molar-refractivity contribution is -0.150. The minimum atomic E-state index is -1.24. The molecule has 35 heavy (non-hydrogen) atoms. The van der Waals surface area contributed by atoms with E-state index in [4.69, 9.17) is 23.1 Å². The predicted molar refractivity (Wildman–Crippen MR) is 136 cm³/mol. The number of β-lactam (4-membered cyclic amide) rings is 1. The summed E-state index contributed by atoms with van der Waals surface area (Å²) in [5, 5.41) is 27.2. The summed E-state index contributed by atoms with van der Waals surface area (Å²) in [6.07, 6.45) is 6.09. The molecule has 0 radical (unpaired) electrons. The van der Waals surface area contributed by atoms with E-state index in [0.717, 1.165) is 23.1 Å². The molecule has 1 fully saturated rings. The van der Waals surface area contributed by atoms with Crippen molar-refractivity contribution >= 4 is 63.8 Å². The molecule has 3 aliphatic rings. The normalized spacial score (nSPS) is 27.3. The molecule has 0 aliphatic carbocycles. The lowest BCUT2D eigenvalue weighted by atomic mass is 10.0. The van der Waals surface area contributed by atoms with Gasteiger partial charge < -0.3 is 32.4 Å². The fraction of sp³-hybridized carbons (Fsp3) is 0.450. The van der Waals surface area contributed by atoms with Gasteiger partial charge in [-0.1, -0.05) is 29.1 Å². The van der Waals surface area contributed by atoms with Gasteiger partial charge in [0.25, 0.3) is 11.8 Å². The average Bonchev–Trinajstić information content (AvgIpc) is 3.16. The number of nitrogens with zero attached hydrogens (tertiary/aromatic N) is 3. The van der Waals surface area contributed by atoms with Crippen molar-refractivity contribution < 1.29 is 24.7 Å². The standard InChI is InChI=1S/C20H26ClN7O5S2/c1-2-3-9(6-22)4-5-24-7-10-8-34-18-13(17(30)28(18)14(10)19(31)32)25-16(29)12(27-33)11-15(21)35-20(23)26-11/h2,4-5,9,11,13,15,18,24,33H,1,3,6-8,22H2,(H2,23,26)(H,25,29)(H,31,32)/b5-4-,27-12+/t9?,11?,13-,15?,18-/m1/s1. The van der Waals surface area contributed by atoms with Crippen LogP contribution in [-0.4, -0.2) is 84.9 Å². The zero-order valence-electron chi connectivity index (χ0n) is 18.5. The molecule has 3 unspecified atom stereocenters. The van der Waals surface area contributed by atoms with E-state index in [1.807, 2.05) is 6.08 Å². The van der Waals surface area contributed by atoms with Gasteiger partial charge in [-0.3, -0.25) is 19.5 Å². The van der Waals surface area contributed by atoms with E-state index in [9.17, 15) is 24.7 Å². The van der Waals surface area contributed by atoms with Crippen LogP contribution in [-0.2, 0) is 14.4 Å². The third-order valence-electron chi connectivity index (χ3n) is 5.48. The van der Waals surface area contributed by atoms with Gasteiger partial charge in [0.2, 0.25) is 0 Å². The number of aliphatic carboxylic acids is 1. The summed E-state index contributed by atoms with van der Waals surface area (Å²) in [4.78, 5) is 42.7. The van der Waals surface area contributed by atoms with Crippen LogP contribution in [0, 0.1) is 5.92 Å². The molecule has 190 valence electrons. The van der Waals surface area contributed by atoms with Gasteiger partial charge in [0, 0.05) is 12.3 Å². The second-order valence-electron chi connectivity index (χ2n) is 7.74. The first-order valence-electron chi connectivity index (χ1n) is 10.5. The van der Waals surface area contributed by atoms with Crippen molar-refractivity contribution in [3.8, 4) is 0 Å². The monoisotopic (exact) mass is 543 g/mol. The molecule has 1 saturated heterocycles. The second-order valence-corrected chi connectivity index (χ2v) is 10.7. The number of oxime groups is 1. The molecule has 0 aromatic carbocycles. The van der Waals surface area contributed by atoms with Gasteiger partial charge in [0.1, 0.15) is 27.9 Å². The number of hydrogen-bond donors (Lipinski definition) is 6. The summed E-state index contributed by atoms with van der Waals surface area (Å²) < 4.78 is -0.744. The van der Waals surface area contributed by atoms with Crippen molar-refractivity contribution in [1.29, 1.82) is 0 Å². The first kappa shape index (κ1) is 26.9. The summed E-state index contributed by atoms with van der Waals surface area (Å²) in [5.74, 6) is -2.21. The van der Waals surface area contributed by atoms with E-state index in [-0.39, 0.29) is 29.0 Å². The number of carbonyl (C=O) groups is 3. The summed E-state index contributed by atoms with van der Waals surface area (Å²) in [5.41, 5.74) is 11.3. The van der Waals surface area contributed by atoms with Crippen LogP contribution >= 0.6 is 35.1 Å². The number of allylic oxidation sites excluding steroid dienone is 1. The number of amidine groups is 1. The fourth-order valence-corrected chi connectivity index (χ4v) is 6.24. The fourth-order valence-electron chi connectivity index (χ4n) is 3.72. The lowest BCUT2D eigenvalue weighted by Gasteiger charge is -2.49. The number of thioether (sulfide) groups is 2. The number of fused-ring (bicyclic) bond motifs is 1. The Morgan fingerprint density at radius 2 is 2.20 bits per heavy atom. The summed E-state index contributed by atoms with van der Waals surface area (Å²) in [6, 6.07) is -1.98. The van der Waals surface area contributed by atoms with Gasteiger partial charge in [-0.15, -0.1) is 29.9 Å². The van der Waals surface area contributed by atoms with Gasteiger partial charge in [-0.2, -0.15) is 0 Å². The minimum Gasteiger partial charge on any atom is -0.477 e. The number of alkyl halides is 1. The Morgan fingerprint density at radius 1 is 1.46 bits per heavy atom. The van der Waals surface area contributed by atoms with Crippen LogP contribution < -0.4 is 22.1 Å². The Hall–Kier alpha value is -2.68. The van der Waals surface area contributed by atoms with Crippen LogP contribution in [0.2, 0.25) is 0 Å². The first-order valence-corrected chi connectivity index (χ1v) is 12.9. The molecule has 15 heteroatoms. The predicted octanol–water partition coefficient (Wildman–Crippen LogP) is -0.195. The highest BCUT2D eigenvalue weighted by Crippen LogP contribution is 2.40. The van der Waals surface area contributed by atoms with Crippen LogP contribution in [0.1, 0.15) is 6.42 Å². The maximum Gasteiger partial charge on any atom is 0.352 e. The van der Waals surface area contributed by atoms with E-state index in [2.05, 4.69) is 27.4 Å². The van der Waals surface area contributed by atoms with E-state index in [1.54, 1.807) is 12.3 Å². The molecule has 0 spiro atoms. The SMILES string of the molecule is C=CCC(/C=C\NCC1=C(C(=O)O)N2C(=O)[C@@H](NC(=O)/C(=N/O)C3N=C(N)SC3Cl)[C@H]2SC1)CN. The summed E-state index contributed by atoms with van der Waals surface area (Å²) in [6.45, 7) is 4.36. The number of carboxylic acids is 1. The maximum atomic E-state index is 12.8. The summed E-state index contributed by atoms with van der Waals surface area (Å²) in [7, 11) is 0. The van der Waals surface area contributed by atoms with Crippen molar-refractivity contribution in [2.75, 3.05) is 18.8 Å². The molecule has 3 heterocycles. The molecule has 0 saturated carbocycles. The molecule has 8 N–H and O–H groups in total. The van der Waals surface area contributed by atoms with Crippen molar-refractivity contribution in [3.63, 3.8) is 0 Å². The number of carboxylic acid groups (broad SMARTS) is 1. The molecule has 2 amide bonds. The average molecular weight is 544 g/mol. The van der Waals surface area contributed by atoms with Crippen LogP contribution in [0.3, 0.4) is 0 Å². The van der Waals surface area contributed by atoms with E-state index < -0.39 is 40.0 Å². The van der Waals surface area contributed by atoms with E-state index in [0.29, 0.717) is 17.9 Å². The molecule has 12 nitrogen and oxygen atoms in total. The topological polar surface area (TPSA) is 196 Å². The minimum absolute atomic E-state index is 0.116. The lowest BCUT2D eigenvalue weighted by Crippen LogP contribution is -2.71. The molecule has 3 aliphatic heterocycles. The van der Waals surface area contributed by atoms with Crippen molar-refractivity contribution in [2.45, 2.75) is 28.6 Å². The van der Waals surface area contributed by atoms with Gasteiger partial charge in [0.05, 0.1) is 0 Å². The maximum absolute atomic E-state index is 12.8. The van der Waals surface area contributed by atoms with Crippen LogP contribution in [0.15, 0.2) is 46.3 Å². The summed E-state index contributed by atoms with van der Waals surface area (Å²) >= 11 is 8.43. The molecule has 3 rings (SSSR count). The largest absolute Gasteiger partial charge is 0.477 e. The number of halogens is 1. The van der Waals surface area contributed by atoms with Crippen LogP contribution in [0.25, 0.3) is 0 Å². The Balaban J connectivity index is 1.67. The highest BCUT2D eigenvalue weighted by Gasteiger charge is 2.54. The Bertz CT molecular complexity index is 1020. The van der Waals surface area contributed by atoms with E-state index in [1.165, 1.54) is 11.8 Å². The van der Waals surface area contributed by atoms with Crippen molar-refractivity contribution in [1.82, 2.24) is 15.5 Å². The van der Waals surface area contributed by atoms with Crippen molar-refractivity contribution in [2.24, 2.45) is 27.5 Å². The first-order chi connectivity index (χ1) is 16.7. The highest BCUT2D eigenvalue weighted by molar-refractivity contribution is 8.15. The van der Waals surface area contributed by atoms with Gasteiger partial charge in [-0.25, -0.2) is 4.79 Å². The van der Waals surface area contributed by atoms with Gasteiger partial charge >= 0.3 is 5.97 Å². The van der Waals surface area contributed by atoms with Crippen molar-refractivity contribution in [3.05, 3.63) is 36.2 Å². The highest BCUT2D eigenvalue weighted by atomic mass is 35.5. The smallest absolute Gasteiger partial charge is 0.352 e. The van der Waals surface area contributed by atoms with E-state index >= 15 is 0 Å². The molecule has 5 atom stereocenters. The molecule has 0 bridgehead atoms. The van der Waals surface area contributed by atoms with Gasteiger partial charge in [-0.05, 0) is 30.7 Å². The van der Waals surface area contributed by atoms with Gasteiger partial charge in [0.15, 0.2) is 10.9 Å². The van der Waals surface area contributed by atoms with Crippen LogP contribution in [0.5, 0.6) is 0 Å². The Morgan fingerprint density at radius 3 is 2.77 bits per heavy atom. The number of rotatable bonds is 11. The Kier molecular flexibility index (Phi) is 9.10. The Labute approximate surface area is 214 Å². The number of nitrogens with one attached hydrogen (secondary N) is 2. The molecule has 0 aromatic rings. The number of hydrogen-bond acceptors (Lipinski definition) is 11. The molecular weight excluding hydrogens is 518 g/mol. The number of aliphatic imine (C=N–C) groups is 1.